The van der Waals surface area contributed by atoms with Gasteiger partial charge in [-0.25, -0.2) is 0 Å². The summed E-state index contributed by atoms with van der Waals surface area (Å²) in [5.74, 6) is 0.0773. The monoisotopic (exact) mass is 328 g/mol. The van der Waals surface area contributed by atoms with E-state index < -0.39 is 0 Å². The van der Waals surface area contributed by atoms with Crippen molar-refractivity contribution in [3.8, 4) is 0 Å². The first-order valence-electron chi connectivity index (χ1n) is 7.95. The van der Waals surface area contributed by atoms with E-state index in [1.54, 1.807) is 0 Å². The van der Waals surface area contributed by atoms with Gasteiger partial charge in [-0.1, -0.05) is 41.9 Å². The Morgan fingerprint density at radius 3 is 2.48 bits per heavy atom. The molecule has 3 rings (SSSR count). The first kappa shape index (κ1) is 15.9. The fraction of sp³-hybridized carbons (Fsp3) is 0.316. The number of amides is 1. The lowest BCUT2D eigenvalue weighted by Gasteiger charge is -2.17. The number of carbonyl (C=O) groups is 1. The lowest BCUT2D eigenvalue weighted by atomic mass is 9.96. The third kappa shape index (κ3) is 3.85. The van der Waals surface area contributed by atoms with Crippen LogP contribution in [0.3, 0.4) is 0 Å². The van der Waals surface area contributed by atoms with Gasteiger partial charge < -0.3 is 11.1 Å². The van der Waals surface area contributed by atoms with E-state index >= 15 is 0 Å². The van der Waals surface area contributed by atoms with Crippen LogP contribution in [0.4, 0.5) is 5.69 Å². The van der Waals surface area contributed by atoms with Crippen molar-refractivity contribution in [1.82, 2.24) is 5.32 Å². The van der Waals surface area contributed by atoms with E-state index in [0.717, 1.165) is 29.1 Å². The fourth-order valence-electron chi connectivity index (χ4n) is 2.89. The molecule has 0 spiro atoms. The first-order valence-corrected chi connectivity index (χ1v) is 8.33. The van der Waals surface area contributed by atoms with Crippen LogP contribution in [0.1, 0.15) is 30.4 Å². The van der Waals surface area contributed by atoms with Crippen LogP contribution in [0.25, 0.3) is 0 Å². The summed E-state index contributed by atoms with van der Waals surface area (Å²) < 4.78 is 0. The second-order valence-corrected chi connectivity index (χ2v) is 6.70. The predicted octanol–water partition coefficient (Wildman–Crippen LogP) is 3.70. The average Bonchev–Trinajstić information content (AvgIpc) is 3.34. The van der Waals surface area contributed by atoms with Crippen LogP contribution in [0.2, 0.25) is 5.02 Å². The molecular formula is C19H21ClN2O. The Morgan fingerprint density at radius 1 is 1.13 bits per heavy atom. The molecule has 0 bridgehead atoms. The van der Waals surface area contributed by atoms with Crippen LogP contribution < -0.4 is 11.1 Å². The molecule has 1 saturated carbocycles. The van der Waals surface area contributed by atoms with Crippen LogP contribution in [0, 0.1) is 0 Å². The number of halogens is 1. The molecule has 0 radical (unpaired) electrons. The molecule has 4 heteroatoms. The number of carbonyl (C=O) groups excluding carboxylic acids is 1. The molecule has 0 aromatic heterocycles. The minimum atomic E-state index is 0.0773. The molecule has 2 aromatic rings. The van der Waals surface area contributed by atoms with E-state index in [1.807, 2.05) is 36.4 Å². The number of nitrogens with two attached hydrogens (primary N) is 1. The summed E-state index contributed by atoms with van der Waals surface area (Å²) in [6.45, 7) is 0.692. The zero-order valence-corrected chi connectivity index (χ0v) is 13.8. The summed E-state index contributed by atoms with van der Waals surface area (Å²) in [6.07, 6.45) is 3.36. The Kier molecular flexibility index (Phi) is 4.58. The fourth-order valence-corrected chi connectivity index (χ4v) is 3.01. The molecule has 1 aliphatic rings. The van der Waals surface area contributed by atoms with Gasteiger partial charge in [0.15, 0.2) is 0 Å². The molecule has 120 valence electrons. The van der Waals surface area contributed by atoms with Crippen molar-refractivity contribution in [3.63, 3.8) is 0 Å². The molecule has 3 N–H and O–H groups in total. The summed E-state index contributed by atoms with van der Waals surface area (Å²) in [5.41, 5.74) is 9.05. The Hall–Kier alpha value is -2.00. The largest absolute Gasteiger partial charge is 0.399 e. The molecule has 0 aliphatic heterocycles. The van der Waals surface area contributed by atoms with E-state index in [4.69, 9.17) is 17.3 Å². The van der Waals surface area contributed by atoms with Gasteiger partial charge in [0, 0.05) is 29.1 Å². The number of aryl methyl sites for hydroxylation is 1. The number of para-hydroxylation sites is 1. The van der Waals surface area contributed by atoms with E-state index in [0.29, 0.717) is 19.4 Å². The molecule has 3 nitrogen and oxygen atoms in total. The van der Waals surface area contributed by atoms with Crippen LogP contribution >= 0.6 is 11.6 Å². The number of nitrogens with one attached hydrogen (secondary N) is 1. The molecule has 0 atom stereocenters. The number of rotatable bonds is 6. The smallest absolute Gasteiger partial charge is 0.220 e. The zero-order chi connectivity index (χ0) is 16.3. The maximum atomic E-state index is 12.1. The third-order valence-corrected chi connectivity index (χ3v) is 4.86. The Morgan fingerprint density at radius 2 is 1.83 bits per heavy atom. The Bertz CT molecular complexity index is 693. The van der Waals surface area contributed by atoms with Crippen molar-refractivity contribution >= 4 is 23.2 Å². The van der Waals surface area contributed by atoms with Crippen molar-refractivity contribution in [2.24, 2.45) is 0 Å². The highest BCUT2D eigenvalue weighted by atomic mass is 35.5. The molecule has 1 amide bonds. The van der Waals surface area contributed by atoms with Gasteiger partial charge in [-0.2, -0.15) is 0 Å². The van der Waals surface area contributed by atoms with E-state index in [-0.39, 0.29) is 11.3 Å². The summed E-state index contributed by atoms with van der Waals surface area (Å²) in [7, 11) is 0. The number of anilines is 1. The molecule has 1 aliphatic carbocycles. The van der Waals surface area contributed by atoms with Gasteiger partial charge in [0.25, 0.3) is 0 Å². The quantitative estimate of drug-likeness (QED) is 0.794. The molecule has 2 aromatic carbocycles. The van der Waals surface area contributed by atoms with Crippen molar-refractivity contribution in [2.75, 3.05) is 12.3 Å². The van der Waals surface area contributed by atoms with Gasteiger partial charge in [0.05, 0.1) is 0 Å². The standard InChI is InChI=1S/C19H21ClN2O/c20-16-8-6-15(7-9-16)19(11-12-19)13-22-18(23)10-5-14-3-1-2-4-17(14)21/h1-4,6-9H,5,10-13,21H2,(H,22,23). The van der Waals surface area contributed by atoms with Crippen LogP contribution in [0.15, 0.2) is 48.5 Å². The van der Waals surface area contributed by atoms with Gasteiger partial charge in [-0.15, -0.1) is 0 Å². The maximum Gasteiger partial charge on any atom is 0.220 e. The van der Waals surface area contributed by atoms with E-state index in [2.05, 4.69) is 17.4 Å². The average molecular weight is 329 g/mol. The minimum Gasteiger partial charge on any atom is -0.399 e. The Labute approximate surface area is 141 Å². The van der Waals surface area contributed by atoms with Gasteiger partial charge in [-0.05, 0) is 48.6 Å². The van der Waals surface area contributed by atoms with Crippen LogP contribution in [-0.2, 0) is 16.6 Å². The molecule has 0 saturated heterocycles. The second-order valence-electron chi connectivity index (χ2n) is 6.26. The lowest BCUT2D eigenvalue weighted by molar-refractivity contribution is -0.121. The SMILES string of the molecule is Nc1ccccc1CCC(=O)NCC1(c2ccc(Cl)cc2)CC1. The lowest BCUT2D eigenvalue weighted by Crippen LogP contribution is -2.32. The van der Waals surface area contributed by atoms with Gasteiger partial charge in [0.2, 0.25) is 5.91 Å². The third-order valence-electron chi connectivity index (χ3n) is 4.61. The number of benzene rings is 2. The summed E-state index contributed by atoms with van der Waals surface area (Å²) in [5, 5.41) is 3.82. The molecule has 1 fully saturated rings. The van der Waals surface area contributed by atoms with Crippen LogP contribution in [-0.4, -0.2) is 12.5 Å². The van der Waals surface area contributed by atoms with Crippen molar-refractivity contribution in [1.29, 1.82) is 0 Å². The van der Waals surface area contributed by atoms with Crippen molar-refractivity contribution in [3.05, 3.63) is 64.7 Å². The summed E-state index contributed by atoms with van der Waals surface area (Å²) in [4.78, 5) is 12.1. The topological polar surface area (TPSA) is 55.1 Å². The number of hydrogen-bond donors (Lipinski definition) is 2. The molecular weight excluding hydrogens is 308 g/mol. The van der Waals surface area contributed by atoms with Gasteiger partial charge >= 0.3 is 0 Å². The highest BCUT2D eigenvalue weighted by Gasteiger charge is 2.44. The summed E-state index contributed by atoms with van der Waals surface area (Å²) >= 11 is 5.94. The van der Waals surface area contributed by atoms with E-state index in [1.165, 1.54) is 5.56 Å². The normalized spacial score (nSPS) is 15.2. The highest BCUT2D eigenvalue weighted by Crippen LogP contribution is 2.47. The van der Waals surface area contributed by atoms with Crippen LogP contribution in [0.5, 0.6) is 0 Å². The van der Waals surface area contributed by atoms with Crippen molar-refractivity contribution in [2.45, 2.75) is 31.1 Å². The second kappa shape index (κ2) is 6.63. The number of nitrogen functional groups attached to an aromatic ring is 1. The predicted molar refractivity (Wildman–Crippen MR) is 94.5 cm³/mol. The first-order chi connectivity index (χ1) is 11.1. The summed E-state index contributed by atoms with van der Waals surface area (Å²) in [6, 6.07) is 15.6. The molecule has 0 heterocycles. The maximum absolute atomic E-state index is 12.1. The zero-order valence-electron chi connectivity index (χ0n) is 13.0. The van der Waals surface area contributed by atoms with E-state index in [9.17, 15) is 4.79 Å². The minimum absolute atomic E-state index is 0.0773. The van der Waals surface area contributed by atoms with Crippen molar-refractivity contribution < 1.29 is 4.79 Å². The number of hydrogen-bond acceptors (Lipinski definition) is 2. The Balaban J connectivity index is 1.51. The highest BCUT2D eigenvalue weighted by molar-refractivity contribution is 6.30. The molecule has 23 heavy (non-hydrogen) atoms. The molecule has 0 unspecified atom stereocenters. The van der Waals surface area contributed by atoms with Gasteiger partial charge in [-0.3, -0.25) is 4.79 Å². The van der Waals surface area contributed by atoms with Gasteiger partial charge in [0.1, 0.15) is 0 Å².